The fourth-order valence-electron chi connectivity index (χ4n) is 2.37. The molecule has 0 saturated heterocycles. The van der Waals surface area contributed by atoms with Gasteiger partial charge in [0.2, 0.25) is 0 Å². The van der Waals surface area contributed by atoms with Crippen LogP contribution in [-0.2, 0) is 4.79 Å². The molecule has 1 amide bonds. The Morgan fingerprint density at radius 2 is 1.54 bits per heavy atom. The van der Waals surface area contributed by atoms with Crippen molar-refractivity contribution < 1.29 is 14.3 Å². The third-order valence-electron chi connectivity index (χ3n) is 3.63. The summed E-state index contributed by atoms with van der Waals surface area (Å²) in [6.45, 7) is -0.140. The number of ether oxygens (including phenoxy) is 1. The maximum atomic E-state index is 12.3. The molecule has 0 aliphatic heterocycles. The van der Waals surface area contributed by atoms with Gasteiger partial charge in [0, 0.05) is 21.8 Å². The predicted octanol–water partition coefficient (Wildman–Crippen LogP) is 4.59. The number of anilines is 1. The molecule has 4 nitrogen and oxygen atoms in total. The lowest BCUT2D eigenvalue weighted by Crippen LogP contribution is -2.20. The molecule has 5 heteroatoms. The minimum absolute atomic E-state index is 0.0594. The van der Waals surface area contributed by atoms with Gasteiger partial charge >= 0.3 is 0 Å². The van der Waals surface area contributed by atoms with Crippen LogP contribution in [-0.4, -0.2) is 18.3 Å². The van der Waals surface area contributed by atoms with Gasteiger partial charge in [-0.05, 0) is 42.5 Å². The average molecular weight is 366 g/mol. The van der Waals surface area contributed by atoms with E-state index in [0.717, 1.165) is 0 Å². The molecule has 0 aliphatic carbocycles. The van der Waals surface area contributed by atoms with E-state index >= 15 is 0 Å². The Morgan fingerprint density at radius 1 is 0.846 bits per heavy atom. The second-order valence-corrected chi connectivity index (χ2v) is 6.00. The van der Waals surface area contributed by atoms with Crippen LogP contribution < -0.4 is 10.1 Å². The molecule has 0 aromatic heterocycles. The van der Waals surface area contributed by atoms with Crippen molar-refractivity contribution in [2.24, 2.45) is 0 Å². The first-order valence-corrected chi connectivity index (χ1v) is 8.37. The molecular weight excluding hydrogens is 350 g/mol. The normalized spacial score (nSPS) is 10.2. The summed E-state index contributed by atoms with van der Waals surface area (Å²) >= 11 is 5.88. The van der Waals surface area contributed by atoms with E-state index in [9.17, 15) is 9.59 Å². The van der Waals surface area contributed by atoms with Crippen LogP contribution in [0, 0.1) is 0 Å². The van der Waals surface area contributed by atoms with Crippen LogP contribution in [0.5, 0.6) is 5.75 Å². The highest BCUT2D eigenvalue weighted by atomic mass is 35.5. The number of amides is 1. The molecule has 3 rings (SSSR count). The van der Waals surface area contributed by atoms with E-state index in [0.29, 0.717) is 27.6 Å². The summed E-state index contributed by atoms with van der Waals surface area (Å²) in [5.74, 6) is 0.156. The highest BCUT2D eigenvalue weighted by Crippen LogP contribution is 2.17. The Balaban J connectivity index is 1.56. The molecule has 0 bridgehead atoms. The van der Waals surface area contributed by atoms with Gasteiger partial charge in [-0.2, -0.15) is 0 Å². The van der Waals surface area contributed by atoms with Crippen molar-refractivity contribution in [2.45, 2.75) is 0 Å². The number of halogens is 1. The Bertz CT molecular complexity index is 908. The van der Waals surface area contributed by atoms with Gasteiger partial charge in [0.1, 0.15) is 5.75 Å². The molecule has 0 radical (unpaired) electrons. The number of benzene rings is 3. The molecule has 0 heterocycles. The van der Waals surface area contributed by atoms with Crippen LogP contribution in [0.25, 0.3) is 0 Å². The quantitative estimate of drug-likeness (QED) is 0.650. The number of carbonyl (C=O) groups is 2. The molecule has 0 aliphatic rings. The first-order chi connectivity index (χ1) is 12.6. The molecule has 1 N–H and O–H groups in total. The fraction of sp³-hybridized carbons (Fsp3) is 0.0476. The second kappa shape index (κ2) is 8.32. The fourth-order valence-corrected chi connectivity index (χ4v) is 2.56. The monoisotopic (exact) mass is 365 g/mol. The van der Waals surface area contributed by atoms with Crippen molar-refractivity contribution in [1.82, 2.24) is 0 Å². The molecule has 3 aromatic carbocycles. The van der Waals surface area contributed by atoms with Crippen molar-refractivity contribution in [2.75, 3.05) is 11.9 Å². The largest absolute Gasteiger partial charge is 0.484 e. The minimum atomic E-state index is -0.295. The van der Waals surface area contributed by atoms with Crippen molar-refractivity contribution in [1.29, 1.82) is 0 Å². The lowest BCUT2D eigenvalue weighted by molar-refractivity contribution is -0.118. The van der Waals surface area contributed by atoms with Crippen molar-refractivity contribution in [3.05, 3.63) is 95.0 Å². The van der Waals surface area contributed by atoms with Crippen LogP contribution in [0.15, 0.2) is 78.9 Å². The van der Waals surface area contributed by atoms with Crippen molar-refractivity contribution >= 4 is 29.0 Å². The van der Waals surface area contributed by atoms with Gasteiger partial charge in [0.15, 0.2) is 12.4 Å². The summed E-state index contributed by atoms with van der Waals surface area (Å²) in [7, 11) is 0. The maximum absolute atomic E-state index is 12.3. The van der Waals surface area contributed by atoms with Crippen molar-refractivity contribution in [3.8, 4) is 5.75 Å². The van der Waals surface area contributed by atoms with Crippen LogP contribution >= 0.6 is 11.6 Å². The van der Waals surface area contributed by atoms with Crippen molar-refractivity contribution in [3.63, 3.8) is 0 Å². The molecule has 0 spiro atoms. The zero-order chi connectivity index (χ0) is 18.4. The Labute approximate surface area is 156 Å². The zero-order valence-corrected chi connectivity index (χ0v) is 14.6. The molecule has 3 aromatic rings. The lowest BCUT2D eigenvalue weighted by atomic mass is 10.0. The smallest absolute Gasteiger partial charge is 0.262 e. The van der Waals surface area contributed by atoms with E-state index < -0.39 is 0 Å². The number of hydrogen-bond donors (Lipinski definition) is 1. The van der Waals surface area contributed by atoms with E-state index in [1.54, 1.807) is 60.7 Å². The molecule has 0 fully saturated rings. The Kier molecular flexibility index (Phi) is 5.66. The van der Waals surface area contributed by atoms with Gasteiger partial charge in [0.25, 0.3) is 5.91 Å². The molecule has 26 heavy (non-hydrogen) atoms. The van der Waals surface area contributed by atoms with Crippen LogP contribution in [0.4, 0.5) is 5.69 Å². The van der Waals surface area contributed by atoms with E-state index in [1.807, 2.05) is 18.2 Å². The zero-order valence-electron chi connectivity index (χ0n) is 13.8. The molecule has 0 saturated carbocycles. The first kappa shape index (κ1) is 17.7. The van der Waals surface area contributed by atoms with Crippen LogP contribution in [0.2, 0.25) is 5.02 Å². The Hall–Kier alpha value is -3.11. The third kappa shape index (κ3) is 4.71. The average Bonchev–Trinajstić information content (AvgIpc) is 2.67. The van der Waals surface area contributed by atoms with Gasteiger partial charge < -0.3 is 10.1 Å². The number of carbonyl (C=O) groups excluding carboxylic acids is 2. The number of hydrogen-bond acceptors (Lipinski definition) is 3. The standard InChI is InChI=1S/C21H16ClNO3/c22-17-7-4-8-18(13-17)23-20(24)14-26-19-11-9-16(10-12-19)21(25)15-5-2-1-3-6-15/h1-13H,14H2,(H,23,24). The molecule has 130 valence electrons. The summed E-state index contributed by atoms with van der Waals surface area (Å²) in [6, 6.07) is 22.6. The summed E-state index contributed by atoms with van der Waals surface area (Å²) < 4.78 is 5.45. The van der Waals surface area contributed by atoms with E-state index in [-0.39, 0.29) is 18.3 Å². The van der Waals surface area contributed by atoms with Crippen LogP contribution in [0.1, 0.15) is 15.9 Å². The van der Waals surface area contributed by atoms with Crippen LogP contribution in [0.3, 0.4) is 0 Å². The minimum Gasteiger partial charge on any atom is -0.484 e. The van der Waals surface area contributed by atoms with Gasteiger partial charge in [-0.25, -0.2) is 0 Å². The highest BCUT2D eigenvalue weighted by Gasteiger charge is 2.09. The lowest BCUT2D eigenvalue weighted by Gasteiger charge is -2.08. The van der Waals surface area contributed by atoms with E-state index in [1.165, 1.54) is 0 Å². The summed E-state index contributed by atoms with van der Waals surface area (Å²) in [5.41, 5.74) is 1.80. The summed E-state index contributed by atoms with van der Waals surface area (Å²) in [4.78, 5) is 24.3. The van der Waals surface area contributed by atoms with Gasteiger partial charge in [-0.3, -0.25) is 9.59 Å². The third-order valence-corrected chi connectivity index (χ3v) is 3.87. The highest BCUT2D eigenvalue weighted by molar-refractivity contribution is 6.30. The van der Waals surface area contributed by atoms with Gasteiger partial charge in [-0.1, -0.05) is 48.0 Å². The number of rotatable bonds is 6. The van der Waals surface area contributed by atoms with Gasteiger partial charge in [-0.15, -0.1) is 0 Å². The van der Waals surface area contributed by atoms with Gasteiger partial charge in [0.05, 0.1) is 0 Å². The second-order valence-electron chi connectivity index (χ2n) is 5.57. The van der Waals surface area contributed by atoms with E-state index in [4.69, 9.17) is 16.3 Å². The number of ketones is 1. The molecule has 0 atom stereocenters. The topological polar surface area (TPSA) is 55.4 Å². The predicted molar refractivity (Wildman–Crippen MR) is 102 cm³/mol. The first-order valence-electron chi connectivity index (χ1n) is 8.00. The SMILES string of the molecule is O=C(COc1ccc(C(=O)c2ccccc2)cc1)Nc1cccc(Cl)c1. The number of nitrogens with one attached hydrogen (secondary N) is 1. The Morgan fingerprint density at radius 3 is 2.23 bits per heavy atom. The maximum Gasteiger partial charge on any atom is 0.262 e. The molecular formula is C21H16ClNO3. The summed E-state index contributed by atoms with van der Waals surface area (Å²) in [6.07, 6.45) is 0. The van der Waals surface area contributed by atoms with E-state index in [2.05, 4.69) is 5.32 Å². The molecule has 0 unspecified atom stereocenters. The summed E-state index contributed by atoms with van der Waals surface area (Å²) in [5, 5.41) is 3.25.